The lowest BCUT2D eigenvalue weighted by Crippen LogP contribution is -2.39. The summed E-state index contributed by atoms with van der Waals surface area (Å²) in [5.41, 5.74) is 3.24. The molecule has 0 N–H and O–H groups in total. The largest absolute Gasteiger partial charge is 0.339 e. The van der Waals surface area contributed by atoms with Gasteiger partial charge in [-0.3, -0.25) is 4.79 Å². The van der Waals surface area contributed by atoms with Crippen LogP contribution in [0.1, 0.15) is 36.3 Å². The van der Waals surface area contributed by atoms with E-state index in [9.17, 15) is 4.79 Å². The zero-order chi connectivity index (χ0) is 19.3. The highest BCUT2D eigenvalue weighted by molar-refractivity contribution is 5.79. The Balaban J connectivity index is 1.44. The molecule has 28 heavy (non-hydrogen) atoms. The first kappa shape index (κ1) is 18.4. The highest BCUT2D eigenvalue weighted by Gasteiger charge is 2.29. The molecular weight excluding hydrogens is 350 g/mol. The minimum absolute atomic E-state index is 0.175. The van der Waals surface area contributed by atoms with Gasteiger partial charge in [0.1, 0.15) is 0 Å². The molecule has 3 aromatic rings. The number of rotatable bonds is 7. The summed E-state index contributed by atoms with van der Waals surface area (Å²) < 4.78 is 5.44. The van der Waals surface area contributed by atoms with E-state index in [1.165, 1.54) is 0 Å². The summed E-state index contributed by atoms with van der Waals surface area (Å²) >= 11 is 0. The summed E-state index contributed by atoms with van der Waals surface area (Å²) in [6.45, 7) is 3.24. The summed E-state index contributed by atoms with van der Waals surface area (Å²) in [6.07, 6.45) is 3.72. The normalized spacial score (nSPS) is 13.9. The molecule has 0 atom stereocenters. The van der Waals surface area contributed by atoms with Crippen LogP contribution in [-0.2, 0) is 17.8 Å². The summed E-state index contributed by atoms with van der Waals surface area (Å²) in [5.74, 6) is 1.58. The Kier molecular flexibility index (Phi) is 5.51. The Bertz CT molecular complexity index is 932. The quantitative estimate of drug-likeness (QED) is 0.613. The third-order valence-corrected chi connectivity index (χ3v) is 5.32. The third-order valence-electron chi connectivity index (χ3n) is 5.32. The highest BCUT2D eigenvalue weighted by Crippen LogP contribution is 2.29. The van der Waals surface area contributed by atoms with Crippen LogP contribution < -0.4 is 0 Å². The predicted octanol–water partition coefficient (Wildman–Crippen LogP) is 4.42. The van der Waals surface area contributed by atoms with Crippen LogP contribution in [0.15, 0.2) is 59.1 Å². The molecule has 5 nitrogen and oxygen atoms in total. The maximum absolute atomic E-state index is 12.9. The van der Waals surface area contributed by atoms with Crippen LogP contribution in [0, 0.1) is 12.8 Å². The highest BCUT2D eigenvalue weighted by atomic mass is 16.5. The van der Waals surface area contributed by atoms with E-state index in [2.05, 4.69) is 22.3 Å². The van der Waals surface area contributed by atoms with E-state index in [1.54, 1.807) is 0 Å². The van der Waals surface area contributed by atoms with Crippen LogP contribution in [0.2, 0.25) is 0 Å². The second-order valence-electron chi connectivity index (χ2n) is 7.50. The van der Waals surface area contributed by atoms with E-state index in [1.807, 2.05) is 54.3 Å². The van der Waals surface area contributed by atoms with Crippen molar-refractivity contribution >= 4 is 5.91 Å². The van der Waals surface area contributed by atoms with Gasteiger partial charge < -0.3 is 9.42 Å². The van der Waals surface area contributed by atoms with Crippen molar-refractivity contribution in [3.8, 4) is 11.4 Å². The van der Waals surface area contributed by atoms with E-state index >= 15 is 0 Å². The third kappa shape index (κ3) is 4.30. The Morgan fingerprint density at radius 2 is 1.96 bits per heavy atom. The molecule has 1 amide bonds. The van der Waals surface area contributed by atoms with Crippen molar-refractivity contribution in [3.05, 3.63) is 71.6 Å². The lowest BCUT2D eigenvalue weighted by molar-refractivity contribution is -0.138. The van der Waals surface area contributed by atoms with E-state index in [0.717, 1.165) is 36.0 Å². The van der Waals surface area contributed by atoms with Gasteiger partial charge in [-0.1, -0.05) is 65.7 Å². The second-order valence-corrected chi connectivity index (χ2v) is 7.50. The number of aryl methyl sites for hydroxylation is 1. The molecule has 1 fully saturated rings. The molecule has 1 aromatic heterocycles. The van der Waals surface area contributed by atoms with Crippen LogP contribution in [0.5, 0.6) is 0 Å². The van der Waals surface area contributed by atoms with Gasteiger partial charge in [0, 0.05) is 31.0 Å². The number of nitrogens with zero attached hydrogens (tertiary/aromatic N) is 3. The molecule has 0 aliphatic heterocycles. The van der Waals surface area contributed by atoms with Crippen LogP contribution in [-0.4, -0.2) is 27.5 Å². The number of carbonyl (C=O) groups excluding carboxylic acids is 1. The zero-order valence-corrected chi connectivity index (χ0v) is 16.2. The average Bonchev–Trinajstić information content (AvgIpc) is 3.13. The maximum atomic E-state index is 12.9. The Morgan fingerprint density at radius 3 is 2.68 bits per heavy atom. The molecular formula is C23H25N3O2. The molecule has 0 radical (unpaired) electrons. The summed E-state index contributed by atoms with van der Waals surface area (Å²) in [7, 11) is 0. The fourth-order valence-electron chi connectivity index (χ4n) is 3.47. The molecule has 0 unspecified atom stereocenters. The molecule has 1 aliphatic rings. The van der Waals surface area contributed by atoms with Gasteiger partial charge in [0.2, 0.25) is 17.6 Å². The minimum Gasteiger partial charge on any atom is -0.339 e. The zero-order valence-electron chi connectivity index (χ0n) is 16.2. The maximum Gasteiger partial charge on any atom is 0.228 e. The van der Waals surface area contributed by atoms with E-state index in [0.29, 0.717) is 31.2 Å². The van der Waals surface area contributed by atoms with Crippen LogP contribution in [0.25, 0.3) is 11.4 Å². The van der Waals surface area contributed by atoms with Crippen molar-refractivity contribution < 1.29 is 9.32 Å². The standard InChI is InChI=1S/C23H25N3O2/c1-17-7-5-12-20(15-17)22-24-21(28-25-22)13-14-26(23(27)19-10-6-11-19)16-18-8-3-2-4-9-18/h2-5,7-9,12,15,19H,6,10-11,13-14,16H2,1H3. The Labute approximate surface area is 165 Å². The number of aromatic nitrogens is 2. The molecule has 5 heteroatoms. The Hall–Kier alpha value is -2.95. The van der Waals surface area contributed by atoms with Crippen molar-refractivity contribution in [3.63, 3.8) is 0 Å². The predicted molar refractivity (Wildman–Crippen MR) is 107 cm³/mol. The monoisotopic (exact) mass is 375 g/mol. The molecule has 0 bridgehead atoms. The van der Waals surface area contributed by atoms with Gasteiger partial charge in [0.05, 0.1) is 0 Å². The summed E-state index contributed by atoms with van der Waals surface area (Å²) in [4.78, 5) is 19.3. The number of carbonyl (C=O) groups is 1. The van der Waals surface area contributed by atoms with Gasteiger partial charge in [-0.15, -0.1) is 0 Å². The molecule has 2 aromatic carbocycles. The van der Waals surface area contributed by atoms with Gasteiger partial charge in [0.25, 0.3) is 0 Å². The van der Waals surface area contributed by atoms with Gasteiger partial charge in [-0.25, -0.2) is 0 Å². The van der Waals surface area contributed by atoms with Crippen molar-refractivity contribution in [1.29, 1.82) is 0 Å². The minimum atomic E-state index is 0.175. The van der Waals surface area contributed by atoms with Crippen molar-refractivity contribution in [2.45, 2.75) is 39.2 Å². The van der Waals surface area contributed by atoms with Crippen LogP contribution in [0.3, 0.4) is 0 Å². The molecule has 1 saturated carbocycles. The fourth-order valence-corrected chi connectivity index (χ4v) is 3.47. The van der Waals surface area contributed by atoms with Gasteiger partial charge >= 0.3 is 0 Å². The Morgan fingerprint density at radius 1 is 1.14 bits per heavy atom. The molecule has 4 rings (SSSR count). The van der Waals surface area contributed by atoms with E-state index < -0.39 is 0 Å². The van der Waals surface area contributed by atoms with E-state index in [4.69, 9.17) is 4.52 Å². The molecule has 0 saturated heterocycles. The van der Waals surface area contributed by atoms with Gasteiger partial charge in [-0.2, -0.15) is 4.98 Å². The number of hydrogen-bond donors (Lipinski definition) is 0. The van der Waals surface area contributed by atoms with Gasteiger partial charge in [0.15, 0.2) is 0 Å². The molecule has 144 valence electrons. The lowest BCUT2D eigenvalue weighted by atomic mass is 9.84. The van der Waals surface area contributed by atoms with Gasteiger partial charge in [-0.05, 0) is 31.4 Å². The van der Waals surface area contributed by atoms with Crippen molar-refractivity contribution in [2.24, 2.45) is 5.92 Å². The molecule has 1 aliphatic carbocycles. The molecule has 1 heterocycles. The van der Waals surface area contributed by atoms with Crippen LogP contribution >= 0.6 is 0 Å². The number of benzene rings is 2. The first-order chi connectivity index (χ1) is 13.7. The van der Waals surface area contributed by atoms with Crippen molar-refractivity contribution in [1.82, 2.24) is 15.0 Å². The first-order valence-electron chi connectivity index (χ1n) is 9.91. The summed E-state index contributed by atoms with van der Waals surface area (Å²) in [5, 5.41) is 4.11. The van der Waals surface area contributed by atoms with Crippen molar-refractivity contribution in [2.75, 3.05) is 6.54 Å². The molecule has 0 spiro atoms. The lowest BCUT2D eigenvalue weighted by Gasteiger charge is -2.31. The summed E-state index contributed by atoms with van der Waals surface area (Å²) in [6, 6.07) is 18.2. The first-order valence-corrected chi connectivity index (χ1v) is 9.91. The second kappa shape index (κ2) is 8.38. The number of hydrogen-bond acceptors (Lipinski definition) is 4. The SMILES string of the molecule is Cc1cccc(-c2noc(CCN(Cc3ccccc3)C(=O)C3CCC3)n2)c1. The van der Waals surface area contributed by atoms with Crippen LogP contribution in [0.4, 0.5) is 0 Å². The topological polar surface area (TPSA) is 59.2 Å². The fraction of sp³-hybridized carbons (Fsp3) is 0.348. The van der Waals surface area contributed by atoms with E-state index in [-0.39, 0.29) is 11.8 Å². The number of amides is 1. The smallest absolute Gasteiger partial charge is 0.228 e. The average molecular weight is 375 g/mol.